The topological polar surface area (TPSA) is 109 Å². The molecule has 244 valence electrons. The quantitative estimate of drug-likeness (QED) is 0.136. The van der Waals surface area contributed by atoms with Crippen molar-refractivity contribution < 1.29 is 23.5 Å². The predicted molar refractivity (Wildman–Crippen MR) is 179 cm³/mol. The molecule has 4 aromatic rings. The molecule has 6 rings (SSSR count). The molecular weight excluding hydrogens is 623 g/mol. The predicted octanol–water partition coefficient (Wildman–Crippen LogP) is 5.81. The lowest BCUT2D eigenvalue weighted by Crippen LogP contribution is -2.48. The number of hydrogen-bond acceptors (Lipinski definition) is 9. The van der Waals surface area contributed by atoms with Gasteiger partial charge in [-0.3, -0.25) is 19.4 Å². The average molecular weight is 659 g/mol. The first-order chi connectivity index (χ1) is 22.9. The van der Waals surface area contributed by atoms with Crippen LogP contribution < -0.4 is 15.4 Å². The first-order valence-corrected chi connectivity index (χ1v) is 16.0. The van der Waals surface area contributed by atoms with E-state index in [1.807, 2.05) is 36.4 Å². The van der Waals surface area contributed by atoms with E-state index < -0.39 is 5.82 Å². The van der Waals surface area contributed by atoms with Crippen molar-refractivity contribution in [2.45, 2.75) is 19.4 Å². The van der Waals surface area contributed by atoms with E-state index in [-0.39, 0.29) is 30.1 Å². The standard InChI is InChI=1S/C35H36ClFN6O4/c36-28-17-26(10-11-29(28)37)40-35-27-18-31(32(46-21-25-8-9-25)19-30(27)38-23-39-35)41-33(44)7-4-12-42-13-15-43(16-14-42)20-34(45)47-22-24-5-2-1-3-6-24/h1-7,10-11,17-19,23,25H,8-9,12-16,20-22H2,(H,41,44)(H,38,39,40)/b7-4+. The van der Waals surface area contributed by atoms with Gasteiger partial charge in [0.05, 0.1) is 29.4 Å². The summed E-state index contributed by atoms with van der Waals surface area (Å²) >= 11 is 5.97. The fraction of sp³-hybridized carbons (Fsp3) is 0.314. The molecule has 2 fully saturated rings. The zero-order chi connectivity index (χ0) is 32.6. The van der Waals surface area contributed by atoms with Gasteiger partial charge in [-0.15, -0.1) is 0 Å². The molecule has 10 nitrogen and oxygen atoms in total. The minimum atomic E-state index is -0.515. The van der Waals surface area contributed by atoms with E-state index in [1.165, 1.54) is 24.5 Å². The maximum Gasteiger partial charge on any atom is 0.320 e. The third-order valence-electron chi connectivity index (χ3n) is 8.04. The number of aromatic nitrogens is 2. The van der Waals surface area contributed by atoms with Gasteiger partial charge in [-0.25, -0.2) is 14.4 Å². The van der Waals surface area contributed by atoms with Crippen molar-refractivity contribution >= 4 is 51.6 Å². The van der Waals surface area contributed by atoms with Crippen molar-refractivity contribution in [3.05, 3.63) is 95.5 Å². The second-order valence-electron chi connectivity index (χ2n) is 11.7. The molecule has 1 aromatic heterocycles. The summed E-state index contributed by atoms with van der Waals surface area (Å²) < 4.78 is 25.2. The van der Waals surface area contributed by atoms with Crippen LogP contribution in [0.4, 0.5) is 21.6 Å². The second-order valence-corrected chi connectivity index (χ2v) is 12.1. The highest BCUT2D eigenvalue weighted by Gasteiger charge is 2.23. The van der Waals surface area contributed by atoms with Crippen molar-refractivity contribution in [3.8, 4) is 5.75 Å². The van der Waals surface area contributed by atoms with Crippen LogP contribution in [0.25, 0.3) is 10.9 Å². The second kappa shape index (κ2) is 15.3. The van der Waals surface area contributed by atoms with E-state index in [2.05, 4.69) is 30.4 Å². The number of ether oxygens (including phenoxy) is 2. The molecule has 2 N–H and O–H groups in total. The summed E-state index contributed by atoms with van der Waals surface area (Å²) in [6.07, 6.45) is 7.03. The Labute approximate surface area is 277 Å². The molecule has 1 aliphatic carbocycles. The number of halogens is 2. The van der Waals surface area contributed by atoms with Gasteiger partial charge < -0.3 is 20.1 Å². The Kier molecular flexibility index (Phi) is 10.6. The van der Waals surface area contributed by atoms with Gasteiger partial charge in [0.25, 0.3) is 0 Å². The van der Waals surface area contributed by atoms with Crippen LogP contribution >= 0.6 is 11.6 Å². The number of benzene rings is 3. The maximum absolute atomic E-state index is 13.7. The van der Waals surface area contributed by atoms with Crippen LogP contribution in [-0.4, -0.2) is 77.5 Å². The Bertz CT molecular complexity index is 1750. The SMILES string of the molecule is O=C(/C=C/CN1CCN(CC(=O)OCc2ccccc2)CC1)Nc1cc2c(Nc3ccc(F)c(Cl)c3)ncnc2cc1OCC1CC1. The van der Waals surface area contributed by atoms with Crippen LogP contribution in [0.3, 0.4) is 0 Å². The van der Waals surface area contributed by atoms with Gasteiger partial charge in [0.2, 0.25) is 5.91 Å². The minimum absolute atomic E-state index is 0.00928. The molecule has 0 spiro atoms. The Morgan fingerprint density at radius 1 is 1.00 bits per heavy atom. The summed E-state index contributed by atoms with van der Waals surface area (Å²) in [6, 6.07) is 17.5. The lowest BCUT2D eigenvalue weighted by atomic mass is 10.1. The zero-order valence-corrected chi connectivity index (χ0v) is 26.6. The molecule has 2 aliphatic rings. The van der Waals surface area contributed by atoms with E-state index in [1.54, 1.807) is 18.2 Å². The highest BCUT2D eigenvalue weighted by Crippen LogP contribution is 2.36. The van der Waals surface area contributed by atoms with Gasteiger partial charge in [0.1, 0.15) is 30.3 Å². The van der Waals surface area contributed by atoms with Crippen molar-refractivity contribution in [3.63, 3.8) is 0 Å². The van der Waals surface area contributed by atoms with Gasteiger partial charge in [-0.2, -0.15) is 0 Å². The molecule has 3 aromatic carbocycles. The number of esters is 1. The molecule has 0 radical (unpaired) electrons. The number of carbonyl (C=O) groups excluding carboxylic acids is 2. The summed E-state index contributed by atoms with van der Waals surface area (Å²) in [5.41, 5.74) is 2.64. The van der Waals surface area contributed by atoms with Crippen LogP contribution in [0.1, 0.15) is 18.4 Å². The number of rotatable bonds is 13. The van der Waals surface area contributed by atoms with Crippen LogP contribution in [0.5, 0.6) is 5.75 Å². The molecule has 1 amide bonds. The first kappa shape index (κ1) is 32.4. The number of anilines is 3. The smallest absolute Gasteiger partial charge is 0.320 e. The van der Waals surface area contributed by atoms with E-state index in [4.69, 9.17) is 21.1 Å². The van der Waals surface area contributed by atoms with Crippen molar-refractivity contribution in [1.82, 2.24) is 19.8 Å². The van der Waals surface area contributed by atoms with Crippen LogP contribution in [0.15, 0.2) is 79.1 Å². The molecule has 0 atom stereocenters. The van der Waals surface area contributed by atoms with Crippen LogP contribution in [0, 0.1) is 11.7 Å². The number of fused-ring (bicyclic) bond motifs is 1. The largest absolute Gasteiger partial charge is 0.491 e. The molecule has 47 heavy (non-hydrogen) atoms. The summed E-state index contributed by atoms with van der Waals surface area (Å²) in [7, 11) is 0. The summed E-state index contributed by atoms with van der Waals surface area (Å²) in [6.45, 7) is 4.72. The van der Waals surface area contributed by atoms with E-state index in [0.717, 1.165) is 44.6 Å². The highest BCUT2D eigenvalue weighted by atomic mass is 35.5. The monoisotopic (exact) mass is 658 g/mol. The van der Waals surface area contributed by atoms with E-state index in [0.29, 0.717) is 52.9 Å². The van der Waals surface area contributed by atoms with E-state index >= 15 is 0 Å². The minimum Gasteiger partial charge on any atom is -0.491 e. The summed E-state index contributed by atoms with van der Waals surface area (Å²) in [5, 5.41) is 6.77. The fourth-order valence-corrected chi connectivity index (χ4v) is 5.36. The lowest BCUT2D eigenvalue weighted by Gasteiger charge is -2.33. The summed E-state index contributed by atoms with van der Waals surface area (Å²) in [4.78, 5) is 38.4. The number of hydrogen-bond donors (Lipinski definition) is 2. The van der Waals surface area contributed by atoms with Gasteiger partial charge >= 0.3 is 5.97 Å². The third-order valence-corrected chi connectivity index (χ3v) is 8.33. The Hall–Kier alpha value is -4.58. The molecule has 0 unspecified atom stereocenters. The number of piperazine rings is 1. The van der Waals surface area contributed by atoms with E-state index in [9.17, 15) is 14.0 Å². The normalized spacial score (nSPS) is 15.5. The Morgan fingerprint density at radius 3 is 2.55 bits per heavy atom. The number of nitrogens with zero attached hydrogens (tertiary/aromatic N) is 4. The highest BCUT2D eigenvalue weighted by molar-refractivity contribution is 6.31. The number of carbonyl (C=O) groups is 2. The van der Waals surface area contributed by atoms with Gasteiger partial charge in [-0.1, -0.05) is 48.0 Å². The number of nitrogens with one attached hydrogen (secondary N) is 2. The molecule has 1 saturated heterocycles. The first-order valence-electron chi connectivity index (χ1n) is 15.6. The molecule has 0 bridgehead atoms. The Balaban J connectivity index is 1.04. The maximum atomic E-state index is 13.7. The van der Waals surface area contributed by atoms with Gasteiger partial charge in [-0.05, 0) is 48.6 Å². The fourth-order valence-electron chi connectivity index (χ4n) is 5.18. The summed E-state index contributed by atoms with van der Waals surface area (Å²) in [5.74, 6) is 0.472. The molecular formula is C35H36ClFN6O4. The zero-order valence-electron chi connectivity index (χ0n) is 25.8. The number of amides is 1. The van der Waals surface area contributed by atoms with Crippen molar-refractivity contribution in [1.29, 1.82) is 0 Å². The molecule has 1 saturated carbocycles. The lowest BCUT2D eigenvalue weighted by molar-refractivity contribution is -0.146. The third kappa shape index (κ3) is 9.25. The van der Waals surface area contributed by atoms with Crippen LogP contribution in [0.2, 0.25) is 5.02 Å². The molecule has 2 heterocycles. The van der Waals surface area contributed by atoms with Crippen LogP contribution in [-0.2, 0) is 20.9 Å². The Morgan fingerprint density at radius 2 is 1.79 bits per heavy atom. The van der Waals surface area contributed by atoms with Crippen molar-refractivity contribution in [2.24, 2.45) is 5.92 Å². The molecule has 12 heteroatoms. The average Bonchev–Trinajstić information content (AvgIpc) is 3.91. The van der Waals surface area contributed by atoms with Crippen molar-refractivity contribution in [2.75, 3.05) is 56.5 Å². The van der Waals surface area contributed by atoms with Gasteiger partial charge in [0.15, 0.2) is 0 Å². The van der Waals surface area contributed by atoms with Gasteiger partial charge in [0, 0.05) is 55.9 Å². The molecule has 1 aliphatic heterocycles.